The molecule has 2 aromatic heterocycles. The van der Waals surface area contributed by atoms with Gasteiger partial charge in [0.15, 0.2) is 5.82 Å². The third-order valence-electron chi connectivity index (χ3n) is 2.83. The van der Waals surface area contributed by atoms with Gasteiger partial charge in [-0.05, 0) is 35.0 Å². The van der Waals surface area contributed by atoms with E-state index in [1.807, 2.05) is 17.8 Å². The number of aromatic nitrogens is 6. The molecule has 9 heteroatoms. The summed E-state index contributed by atoms with van der Waals surface area (Å²) in [5.74, 6) is 1.38. The van der Waals surface area contributed by atoms with Crippen LogP contribution in [0.5, 0.6) is 0 Å². The van der Waals surface area contributed by atoms with Crippen molar-refractivity contribution in [2.24, 2.45) is 0 Å². The average molecular weight is 293 g/mol. The van der Waals surface area contributed by atoms with Gasteiger partial charge in [0.25, 0.3) is 0 Å². The number of nitrogens with one attached hydrogen (secondary N) is 1. The van der Waals surface area contributed by atoms with Crippen LogP contribution in [0.15, 0.2) is 16.2 Å². The van der Waals surface area contributed by atoms with Crippen molar-refractivity contribution < 1.29 is 4.74 Å². The second kappa shape index (κ2) is 5.71. The van der Waals surface area contributed by atoms with Crippen molar-refractivity contribution in [3.05, 3.63) is 11.9 Å². The van der Waals surface area contributed by atoms with Gasteiger partial charge < -0.3 is 10.1 Å². The van der Waals surface area contributed by atoms with E-state index in [9.17, 15) is 0 Å². The molecule has 0 spiro atoms. The predicted octanol–water partition coefficient (Wildman–Crippen LogP) is 1.14. The molecule has 1 aliphatic rings. The van der Waals surface area contributed by atoms with Crippen LogP contribution in [0.25, 0.3) is 0 Å². The highest BCUT2D eigenvalue weighted by Gasteiger charge is 2.28. The van der Waals surface area contributed by atoms with Crippen LogP contribution in [-0.4, -0.2) is 44.3 Å². The minimum Gasteiger partial charge on any atom is -0.377 e. The molecule has 0 aromatic carbocycles. The Kier molecular flexibility index (Phi) is 3.79. The molecular weight excluding hydrogens is 278 g/mol. The van der Waals surface area contributed by atoms with E-state index in [0.717, 1.165) is 28.8 Å². The fourth-order valence-electron chi connectivity index (χ4n) is 1.74. The first-order chi connectivity index (χ1) is 9.80. The summed E-state index contributed by atoms with van der Waals surface area (Å²) in [4.78, 5) is 8.77. The second-order valence-corrected chi connectivity index (χ2v) is 5.42. The molecule has 8 nitrogen and oxygen atoms in total. The van der Waals surface area contributed by atoms with Gasteiger partial charge in [0, 0.05) is 20.2 Å². The maximum atomic E-state index is 5.08. The Balaban J connectivity index is 1.85. The maximum Gasteiger partial charge on any atom is 0.215 e. The van der Waals surface area contributed by atoms with E-state index in [0.29, 0.717) is 18.5 Å². The first-order valence-electron chi connectivity index (χ1n) is 6.30. The minimum atomic E-state index is 0.372. The molecule has 1 N–H and O–H groups in total. The van der Waals surface area contributed by atoms with Crippen molar-refractivity contribution in [1.82, 2.24) is 30.2 Å². The van der Waals surface area contributed by atoms with Crippen LogP contribution in [-0.2, 0) is 11.3 Å². The fourth-order valence-corrected chi connectivity index (χ4v) is 2.61. The molecule has 0 amide bonds. The first-order valence-corrected chi connectivity index (χ1v) is 7.12. The molecule has 0 radical (unpaired) electrons. The van der Waals surface area contributed by atoms with Gasteiger partial charge in [0.05, 0.1) is 6.04 Å². The molecule has 0 atom stereocenters. The Bertz CT molecular complexity index is 598. The Morgan fingerprint density at radius 3 is 3.00 bits per heavy atom. The molecule has 1 aliphatic carbocycles. The largest absolute Gasteiger partial charge is 0.377 e. The topological polar surface area (TPSA) is 90.6 Å². The first kappa shape index (κ1) is 13.3. The minimum absolute atomic E-state index is 0.372. The number of rotatable bonds is 6. The summed E-state index contributed by atoms with van der Waals surface area (Å²) in [5, 5.41) is 16.4. The zero-order valence-electron chi connectivity index (χ0n) is 11.3. The summed E-state index contributed by atoms with van der Waals surface area (Å²) in [6.07, 6.45) is 2.28. The van der Waals surface area contributed by atoms with Gasteiger partial charge in [-0.3, -0.25) is 0 Å². The van der Waals surface area contributed by atoms with Crippen molar-refractivity contribution in [2.75, 3.05) is 19.5 Å². The van der Waals surface area contributed by atoms with Gasteiger partial charge in [-0.2, -0.15) is 0 Å². The molecule has 0 saturated heterocycles. The van der Waals surface area contributed by atoms with Crippen LogP contribution < -0.4 is 5.32 Å². The highest BCUT2D eigenvalue weighted by Crippen LogP contribution is 2.37. The van der Waals surface area contributed by atoms with Crippen molar-refractivity contribution in [3.8, 4) is 0 Å². The summed E-state index contributed by atoms with van der Waals surface area (Å²) in [5.41, 5.74) is 0. The van der Waals surface area contributed by atoms with Crippen LogP contribution in [0.2, 0.25) is 0 Å². The number of nitrogens with zero attached hydrogens (tertiary/aromatic N) is 6. The lowest BCUT2D eigenvalue weighted by atomic mass is 10.5. The van der Waals surface area contributed by atoms with Gasteiger partial charge in [-0.15, -0.1) is 5.10 Å². The number of methoxy groups -OCH3 is 1. The summed E-state index contributed by atoms with van der Waals surface area (Å²) in [7, 11) is 3.44. The lowest BCUT2D eigenvalue weighted by Gasteiger charge is -2.07. The van der Waals surface area contributed by atoms with E-state index in [1.165, 1.54) is 11.8 Å². The van der Waals surface area contributed by atoms with E-state index >= 15 is 0 Å². The van der Waals surface area contributed by atoms with Gasteiger partial charge in [0.1, 0.15) is 17.5 Å². The maximum absolute atomic E-state index is 5.08. The highest BCUT2D eigenvalue weighted by molar-refractivity contribution is 7.99. The van der Waals surface area contributed by atoms with Crippen LogP contribution in [0.3, 0.4) is 0 Å². The van der Waals surface area contributed by atoms with Crippen molar-refractivity contribution >= 4 is 17.6 Å². The smallest absolute Gasteiger partial charge is 0.215 e. The molecule has 0 aliphatic heterocycles. The van der Waals surface area contributed by atoms with Crippen LogP contribution in [0.1, 0.15) is 24.7 Å². The Morgan fingerprint density at radius 2 is 2.30 bits per heavy atom. The third kappa shape index (κ3) is 2.88. The van der Waals surface area contributed by atoms with Crippen LogP contribution >= 0.6 is 11.8 Å². The summed E-state index contributed by atoms with van der Waals surface area (Å²) >= 11 is 1.44. The van der Waals surface area contributed by atoms with Crippen LogP contribution in [0, 0.1) is 0 Å². The van der Waals surface area contributed by atoms with E-state index in [1.54, 1.807) is 7.11 Å². The van der Waals surface area contributed by atoms with Gasteiger partial charge in [-0.25, -0.2) is 14.6 Å². The second-order valence-electron chi connectivity index (χ2n) is 4.43. The van der Waals surface area contributed by atoms with E-state index in [4.69, 9.17) is 4.74 Å². The molecule has 2 aromatic rings. The Morgan fingerprint density at radius 1 is 1.45 bits per heavy atom. The van der Waals surface area contributed by atoms with Gasteiger partial charge in [-0.1, -0.05) is 0 Å². The van der Waals surface area contributed by atoms with Gasteiger partial charge in [0.2, 0.25) is 5.16 Å². The molecular formula is C11H15N7OS. The van der Waals surface area contributed by atoms with Crippen molar-refractivity contribution in [2.45, 2.75) is 35.7 Å². The summed E-state index contributed by atoms with van der Waals surface area (Å²) in [6.45, 7) is 0.372. The monoisotopic (exact) mass is 293 g/mol. The Labute approximate surface area is 120 Å². The molecule has 1 fully saturated rings. The van der Waals surface area contributed by atoms with Crippen LogP contribution in [0.4, 0.5) is 5.82 Å². The molecule has 1 saturated carbocycles. The van der Waals surface area contributed by atoms with E-state index in [-0.39, 0.29) is 0 Å². The lowest BCUT2D eigenvalue weighted by molar-refractivity contribution is 0.177. The number of ether oxygens (including phenoxy) is 1. The van der Waals surface area contributed by atoms with E-state index < -0.39 is 0 Å². The highest BCUT2D eigenvalue weighted by atomic mass is 32.2. The molecule has 106 valence electrons. The number of anilines is 1. The normalized spacial score (nSPS) is 14.5. The zero-order valence-corrected chi connectivity index (χ0v) is 12.1. The Hall–Kier alpha value is -1.74. The van der Waals surface area contributed by atoms with Crippen molar-refractivity contribution in [3.63, 3.8) is 0 Å². The predicted molar refractivity (Wildman–Crippen MR) is 72.5 cm³/mol. The molecule has 3 rings (SSSR count). The molecule has 20 heavy (non-hydrogen) atoms. The standard InChI is InChI=1S/C11H15N7OS/c1-12-8-5-10(14-9(13-8)6-19-2)20-11-15-16-17-18(11)7-3-4-7/h5,7H,3-4,6H2,1-2H3,(H,12,13,14). The average Bonchev–Trinajstić information content (AvgIpc) is 3.19. The molecule has 0 bridgehead atoms. The summed E-state index contributed by atoms with van der Waals surface area (Å²) in [6, 6.07) is 2.31. The zero-order chi connectivity index (χ0) is 13.9. The number of hydrogen-bond acceptors (Lipinski definition) is 8. The van der Waals surface area contributed by atoms with Gasteiger partial charge >= 0.3 is 0 Å². The SMILES string of the molecule is CNc1cc(Sc2nnnn2C2CC2)nc(COC)n1. The number of tetrazole rings is 1. The van der Waals surface area contributed by atoms with Crippen molar-refractivity contribution in [1.29, 1.82) is 0 Å². The molecule has 0 unspecified atom stereocenters. The third-order valence-corrected chi connectivity index (χ3v) is 3.70. The number of hydrogen-bond donors (Lipinski definition) is 1. The lowest BCUT2D eigenvalue weighted by Crippen LogP contribution is -2.03. The fraction of sp³-hybridized carbons (Fsp3) is 0.545. The molecule has 2 heterocycles. The van der Waals surface area contributed by atoms with E-state index in [2.05, 4.69) is 30.8 Å². The summed E-state index contributed by atoms with van der Waals surface area (Å²) < 4.78 is 6.94. The quantitative estimate of drug-likeness (QED) is 0.793.